The van der Waals surface area contributed by atoms with Crippen LogP contribution in [0.3, 0.4) is 0 Å². The molecule has 1 aliphatic rings. The maximum absolute atomic E-state index is 13.9. The standard InChI is InChI=1S/C31H21F7N2O3/c1-42-17-7-9-24-21(15-17)18-12-13-40(29(41)20-8-6-16(32)14-23(20)31(36,37)38)28(27(18)39-24)26-11-10-25(43-26)19-4-2-3-5-22(19)30(33,34)35/h2-11,14-15,28,39H,12-13H2,1H3. The number of carbonyl (C=O) groups is 1. The molecule has 0 aliphatic carbocycles. The summed E-state index contributed by atoms with van der Waals surface area (Å²) < 4.78 is 108. The lowest BCUT2D eigenvalue weighted by Crippen LogP contribution is -2.41. The molecule has 1 atom stereocenters. The molecule has 0 saturated heterocycles. The molecule has 1 N–H and O–H groups in total. The summed E-state index contributed by atoms with van der Waals surface area (Å²) in [6, 6.07) is 13.4. The van der Waals surface area contributed by atoms with Crippen molar-refractivity contribution in [3.63, 3.8) is 0 Å². The minimum atomic E-state index is -5.03. The zero-order valence-electron chi connectivity index (χ0n) is 22.2. The van der Waals surface area contributed by atoms with Crippen LogP contribution in [-0.4, -0.2) is 29.4 Å². The number of fused-ring (bicyclic) bond motifs is 3. The number of alkyl halides is 6. The van der Waals surface area contributed by atoms with Crippen LogP contribution in [0, 0.1) is 5.82 Å². The van der Waals surface area contributed by atoms with E-state index in [9.17, 15) is 35.5 Å². The fourth-order valence-electron chi connectivity index (χ4n) is 5.59. The summed E-state index contributed by atoms with van der Waals surface area (Å²) in [6.45, 7) is -0.0650. The second-order valence-electron chi connectivity index (χ2n) is 10.0. The van der Waals surface area contributed by atoms with Crippen LogP contribution >= 0.6 is 0 Å². The Morgan fingerprint density at radius 1 is 0.930 bits per heavy atom. The topological polar surface area (TPSA) is 58.5 Å². The summed E-state index contributed by atoms with van der Waals surface area (Å²) in [5.74, 6) is -1.78. The molecule has 1 amide bonds. The van der Waals surface area contributed by atoms with E-state index in [1.807, 2.05) is 0 Å². The number of methoxy groups -OCH3 is 1. The number of carbonyl (C=O) groups excluding carboxylic acids is 1. The molecular formula is C31H21F7N2O3. The van der Waals surface area contributed by atoms with E-state index in [0.717, 1.165) is 34.0 Å². The van der Waals surface area contributed by atoms with E-state index in [1.54, 1.807) is 18.2 Å². The highest BCUT2D eigenvalue weighted by Crippen LogP contribution is 2.44. The van der Waals surface area contributed by atoms with Crippen molar-refractivity contribution in [2.24, 2.45) is 0 Å². The fourth-order valence-corrected chi connectivity index (χ4v) is 5.59. The number of aromatic nitrogens is 1. The highest BCUT2D eigenvalue weighted by Gasteiger charge is 2.42. The molecule has 0 bridgehead atoms. The Balaban J connectivity index is 1.52. The number of aromatic amines is 1. The number of amides is 1. The lowest BCUT2D eigenvalue weighted by atomic mass is 9.94. The number of nitrogens with one attached hydrogen (secondary N) is 1. The van der Waals surface area contributed by atoms with Crippen LogP contribution in [0.1, 0.15) is 44.5 Å². The highest BCUT2D eigenvalue weighted by atomic mass is 19.4. The third kappa shape index (κ3) is 5.00. The third-order valence-corrected chi connectivity index (χ3v) is 7.51. The summed E-state index contributed by atoms with van der Waals surface area (Å²) in [5.41, 5.74) is -1.58. The van der Waals surface area contributed by atoms with E-state index in [1.165, 1.54) is 37.4 Å². The van der Waals surface area contributed by atoms with Crippen molar-refractivity contribution in [3.8, 4) is 17.1 Å². The van der Waals surface area contributed by atoms with Gasteiger partial charge in [0.2, 0.25) is 0 Å². The Labute approximate surface area is 239 Å². The average molecular weight is 603 g/mol. The van der Waals surface area contributed by atoms with E-state index >= 15 is 0 Å². The van der Waals surface area contributed by atoms with Crippen molar-refractivity contribution in [2.75, 3.05) is 13.7 Å². The van der Waals surface area contributed by atoms with Crippen molar-refractivity contribution in [1.82, 2.24) is 9.88 Å². The SMILES string of the molecule is COc1ccc2[nH]c3c(c2c1)CCN(C(=O)c1ccc(F)cc1C(F)(F)F)C3c1ccc(-c2ccccc2C(F)(F)F)o1. The molecule has 0 spiro atoms. The minimum absolute atomic E-state index is 0.0236. The molecule has 43 heavy (non-hydrogen) atoms. The average Bonchev–Trinajstić information content (AvgIpc) is 3.60. The summed E-state index contributed by atoms with van der Waals surface area (Å²) in [4.78, 5) is 18.2. The van der Waals surface area contributed by atoms with Gasteiger partial charge in [0.25, 0.3) is 5.91 Å². The molecule has 5 aromatic rings. The van der Waals surface area contributed by atoms with E-state index in [4.69, 9.17) is 9.15 Å². The maximum Gasteiger partial charge on any atom is 0.417 e. The highest BCUT2D eigenvalue weighted by molar-refractivity contribution is 5.97. The summed E-state index contributed by atoms with van der Waals surface area (Å²) in [6.07, 6.45) is -9.48. The van der Waals surface area contributed by atoms with Gasteiger partial charge in [0.05, 0.1) is 29.5 Å². The zero-order valence-corrected chi connectivity index (χ0v) is 22.2. The van der Waals surface area contributed by atoms with Gasteiger partial charge in [-0.15, -0.1) is 0 Å². The van der Waals surface area contributed by atoms with Gasteiger partial charge in [-0.25, -0.2) is 4.39 Å². The normalized spacial score (nSPS) is 15.5. The summed E-state index contributed by atoms with van der Waals surface area (Å²) >= 11 is 0. The number of benzene rings is 3. The lowest BCUT2D eigenvalue weighted by Gasteiger charge is -2.35. The van der Waals surface area contributed by atoms with Crippen LogP contribution in [0.4, 0.5) is 30.7 Å². The first-order valence-electron chi connectivity index (χ1n) is 13.0. The number of H-pyrrole nitrogens is 1. The van der Waals surface area contributed by atoms with Crippen LogP contribution in [0.2, 0.25) is 0 Å². The Kier molecular flexibility index (Phi) is 6.74. The van der Waals surface area contributed by atoms with Crippen LogP contribution in [0.5, 0.6) is 5.75 Å². The maximum atomic E-state index is 13.9. The van der Waals surface area contributed by atoms with E-state index in [-0.39, 0.29) is 36.1 Å². The van der Waals surface area contributed by atoms with Crippen LogP contribution in [0.25, 0.3) is 22.2 Å². The van der Waals surface area contributed by atoms with Crippen molar-refractivity contribution >= 4 is 16.8 Å². The van der Waals surface area contributed by atoms with E-state index in [0.29, 0.717) is 17.0 Å². The molecule has 0 fully saturated rings. The molecule has 2 aromatic heterocycles. The van der Waals surface area contributed by atoms with Gasteiger partial charge < -0.3 is 19.0 Å². The molecule has 6 rings (SSSR count). The molecule has 1 aliphatic heterocycles. The van der Waals surface area contributed by atoms with Crippen molar-refractivity contribution in [3.05, 3.63) is 112 Å². The van der Waals surface area contributed by atoms with Gasteiger partial charge >= 0.3 is 12.4 Å². The smallest absolute Gasteiger partial charge is 0.417 e. The summed E-state index contributed by atoms with van der Waals surface area (Å²) in [7, 11) is 1.49. The first-order valence-corrected chi connectivity index (χ1v) is 13.0. The van der Waals surface area contributed by atoms with E-state index in [2.05, 4.69) is 4.98 Å². The number of hydrogen-bond donors (Lipinski definition) is 1. The third-order valence-electron chi connectivity index (χ3n) is 7.51. The molecule has 3 aromatic carbocycles. The predicted molar refractivity (Wildman–Crippen MR) is 142 cm³/mol. The Morgan fingerprint density at radius 3 is 2.40 bits per heavy atom. The quantitative estimate of drug-likeness (QED) is 0.210. The Bertz CT molecular complexity index is 1850. The van der Waals surface area contributed by atoms with Gasteiger partial charge in [-0.05, 0) is 66.6 Å². The van der Waals surface area contributed by atoms with Gasteiger partial charge in [0.1, 0.15) is 29.1 Å². The fraction of sp³-hybridized carbons (Fsp3) is 0.194. The zero-order chi connectivity index (χ0) is 30.7. The number of nitrogens with zero attached hydrogens (tertiary/aromatic N) is 1. The van der Waals surface area contributed by atoms with Crippen molar-refractivity contribution < 1.29 is 44.7 Å². The number of halogens is 7. The van der Waals surface area contributed by atoms with Crippen LogP contribution < -0.4 is 4.74 Å². The molecule has 1 unspecified atom stereocenters. The molecule has 3 heterocycles. The monoisotopic (exact) mass is 602 g/mol. The first-order chi connectivity index (χ1) is 20.4. The van der Waals surface area contributed by atoms with Gasteiger partial charge in [0, 0.05) is 23.0 Å². The van der Waals surface area contributed by atoms with Crippen molar-refractivity contribution in [2.45, 2.75) is 24.8 Å². The molecule has 0 saturated carbocycles. The van der Waals surface area contributed by atoms with Gasteiger partial charge in [0.15, 0.2) is 0 Å². The molecule has 5 nitrogen and oxygen atoms in total. The number of furan rings is 1. The Hall–Kier alpha value is -4.74. The Morgan fingerprint density at radius 2 is 1.67 bits per heavy atom. The molecule has 12 heteroatoms. The lowest BCUT2D eigenvalue weighted by molar-refractivity contribution is -0.138. The van der Waals surface area contributed by atoms with Gasteiger partial charge in [-0.2, -0.15) is 26.3 Å². The summed E-state index contributed by atoms with van der Waals surface area (Å²) in [5, 5.41) is 0.749. The van der Waals surface area contributed by atoms with E-state index < -0.39 is 46.8 Å². The molecule has 0 radical (unpaired) electrons. The molecule has 222 valence electrons. The first kappa shape index (κ1) is 28.4. The van der Waals surface area contributed by atoms with Crippen LogP contribution in [0.15, 0.2) is 77.2 Å². The van der Waals surface area contributed by atoms with Gasteiger partial charge in [-0.3, -0.25) is 4.79 Å². The minimum Gasteiger partial charge on any atom is -0.497 e. The second kappa shape index (κ2) is 10.2. The second-order valence-corrected chi connectivity index (χ2v) is 10.0. The number of rotatable bonds is 4. The number of hydrogen-bond acceptors (Lipinski definition) is 3. The largest absolute Gasteiger partial charge is 0.497 e. The molecular weight excluding hydrogens is 581 g/mol. The van der Waals surface area contributed by atoms with Crippen molar-refractivity contribution in [1.29, 1.82) is 0 Å². The number of ether oxygens (including phenoxy) is 1. The predicted octanol–water partition coefficient (Wildman–Crippen LogP) is 8.40. The van der Waals surface area contributed by atoms with Crippen LogP contribution in [-0.2, 0) is 18.8 Å². The van der Waals surface area contributed by atoms with Gasteiger partial charge in [-0.1, -0.05) is 18.2 Å².